The third-order valence-corrected chi connectivity index (χ3v) is 2.70. The van der Waals surface area contributed by atoms with Crippen molar-refractivity contribution in [2.45, 2.75) is 13.1 Å². The quantitative estimate of drug-likeness (QED) is 0.700. The smallest absolute Gasteiger partial charge is 0.103 e. The van der Waals surface area contributed by atoms with Gasteiger partial charge in [0, 0.05) is 11.1 Å². The molecular weight excluding hydrogens is 230 g/mol. The molecule has 0 saturated carbocycles. The van der Waals surface area contributed by atoms with Crippen LogP contribution in [0.2, 0.25) is 0 Å². The van der Waals surface area contributed by atoms with Gasteiger partial charge >= 0.3 is 0 Å². The van der Waals surface area contributed by atoms with Crippen molar-refractivity contribution in [1.82, 2.24) is 0 Å². The standard InChI is InChI=1S/C15H17N.ClH/c1-16(12-14-8-4-2-5-9-14)13-15-10-6-3-7-11-15;/h2-11H,12-13H2,1H3;1H. The molecule has 0 aromatic heterocycles. The number of benzene rings is 2. The molecule has 0 saturated heterocycles. The molecular formula is C15H18ClN. The Morgan fingerprint density at radius 3 is 1.41 bits per heavy atom. The van der Waals surface area contributed by atoms with Gasteiger partial charge in [-0.1, -0.05) is 60.7 Å². The number of rotatable bonds is 4. The molecule has 17 heavy (non-hydrogen) atoms. The molecule has 0 aliphatic heterocycles. The van der Waals surface area contributed by atoms with Crippen LogP contribution < -0.4 is 17.3 Å². The Hall–Kier alpha value is -1.31. The molecule has 90 valence electrons. The Kier molecular flexibility index (Phi) is 5.75. The van der Waals surface area contributed by atoms with Gasteiger partial charge in [-0.25, -0.2) is 0 Å². The molecule has 2 heteroatoms. The van der Waals surface area contributed by atoms with Crippen molar-refractivity contribution in [3.8, 4) is 0 Å². The van der Waals surface area contributed by atoms with Crippen LogP contribution in [0.1, 0.15) is 11.1 Å². The molecule has 0 bridgehead atoms. The van der Waals surface area contributed by atoms with Crippen molar-refractivity contribution in [3.63, 3.8) is 0 Å². The lowest BCUT2D eigenvalue weighted by molar-refractivity contribution is -0.907. The van der Waals surface area contributed by atoms with E-state index in [9.17, 15) is 0 Å². The van der Waals surface area contributed by atoms with E-state index in [1.54, 1.807) is 0 Å². The van der Waals surface area contributed by atoms with Gasteiger partial charge in [0.25, 0.3) is 0 Å². The van der Waals surface area contributed by atoms with Crippen LogP contribution in [-0.4, -0.2) is 7.05 Å². The highest BCUT2D eigenvalue weighted by atomic mass is 35.5. The zero-order valence-electron chi connectivity index (χ0n) is 10.1. The highest BCUT2D eigenvalue weighted by molar-refractivity contribution is 5.14. The summed E-state index contributed by atoms with van der Waals surface area (Å²) in [5.74, 6) is 0. The Morgan fingerprint density at radius 1 is 0.706 bits per heavy atom. The number of hydrogen-bond acceptors (Lipinski definition) is 0. The van der Waals surface area contributed by atoms with E-state index in [4.69, 9.17) is 0 Å². The van der Waals surface area contributed by atoms with Crippen LogP contribution in [0.25, 0.3) is 0 Å². The highest BCUT2D eigenvalue weighted by Crippen LogP contribution is 1.97. The molecule has 0 spiro atoms. The summed E-state index contributed by atoms with van der Waals surface area (Å²) in [6.45, 7) is 2.16. The molecule has 0 aliphatic carbocycles. The van der Waals surface area contributed by atoms with Gasteiger partial charge in [0.2, 0.25) is 0 Å². The van der Waals surface area contributed by atoms with E-state index in [0.29, 0.717) is 0 Å². The molecule has 0 heterocycles. The molecule has 0 radical (unpaired) electrons. The van der Waals surface area contributed by atoms with Gasteiger partial charge in [-0.15, -0.1) is 0 Å². The average molecular weight is 248 g/mol. The molecule has 2 aromatic carbocycles. The summed E-state index contributed by atoms with van der Waals surface area (Å²) in [7, 11) is 2.24. The van der Waals surface area contributed by atoms with Gasteiger partial charge in [-0.05, 0) is 0 Å². The van der Waals surface area contributed by atoms with Crippen LogP contribution in [0.15, 0.2) is 60.7 Å². The largest absolute Gasteiger partial charge is 1.00 e. The fourth-order valence-corrected chi connectivity index (χ4v) is 1.95. The summed E-state index contributed by atoms with van der Waals surface area (Å²) in [4.78, 5) is 1.51. The van der Waals surface area contributed by atoms with Crippen LogP contribution in [0.3, 0.4) is 0 Å². The van der Waals surface area contributed by atoms with E-state index in [-0.39, 0.29) is 12.4 Å². The number of nitrogens with one attached hydrogen (secondary N) is 1. The third kappa shape index (κ3) is 4.59. The third-order valence-electron chi connectivity index (χ3n) is 2.70. The Bertz CT molecular complexity index is 372. The van der Waals surface area contributed by atoms with Crippen molar-refractivity contribution < 1.29 is 17.3 Å². The lowest BCUT2D eigenvalue weighted by Gasteiger charge is -2.13. The van der Waals surface area contributed by atoms with Gasteiger partial charge < -0.3 is 17.3 Å². The lowest BCUT2D eigenvalue weighted by atomic mass is 10.2. The van der Waals surface area contributed by atoms with Crippen LogP contribution >= 0.6 is 0 Å². The van der Waals surface area contributed by atoms with Crippen LogP contribution in [-0.2, 0) is 13.1 Å². The van der Waals surface area contributed by atoms with Gasteiger partial charge in [0.15, 0.2) is 0 Å². The SMILES string of the molecule is C[NH+](Cc1ccccc1)Cc1ccccc1.[Cl-]. The molecule has 1 nitrogen and oxygen atoms in total. The van der Waals surface area contributed by atoms with Crippen LogP contribution in [0.5, 0.6) is 0 Å². The second kappa shape index (κ2) is 7.10. The minimum absolute atomic E-state index is 0. The number of hydrogen-bond donors (Lipinski definition) is 1. The lowest BCUT2D eigenvalue weighted by Crippen LogP contribution is -3.06. The molecule has 0 fully saturated rings. The number of quaternary nitrogens is 1. The second-order valence-corrected chi connectivity index (χ2v) is 4.28. The zero-order valence-corrected chi connectivity index (χ0v) is 10.8. The Morgan fingerprint density at radius 2 is 1.06 bits per heavy atom. The fraction of sp³-hybridized carbons (Fsp3) is 0.200. The Balaban J connectivity index is 0.00000144. The minimum atomic E-state index is 0. The number of halogens is 1. The van der Waals surface area contributed by atoms with E-state index in [0.717, 1.165) is 13.1 Å². The summed E-state index contributed by atoms with van der Waals surface area (Å²) in [5.41, 5.74) is 2.80. The zero-order chi connectivity index (χ0) is 11.2. The highest BCUT2D eigenvalue weighted by Gasteiger charge is 2.03. The van der Waals surface area contributed by atoms with E-state index >= 15 is 0 Å². The molecule has 2 aromatic rings. The first-order valence-electron chi connectivity index (χ1n) is 5.74. The average Bonchev–Trinajstić information content (AvgIpc) is 2.31. The summed E-state index contributed by atoms with van der Waals surface area (Å²) in [6.07, 6.45) is 0. The topological polar surface area (TPSA) is 4.44 Å². The Labute approximate surface area is 109 Å². The minimum Gasteiger partial charge on any atom is -1.00 e. The monoisotopic (exact) mass is 247 g/mol. The molecule has 1 N–H and O–H groups in total. The molecule has 0 unspecified atom stereocenters. The summed E-state index contributed by atoms with van der Waals surface area (Å²) < 4.78 is 0. The molecule has 0 aliphatic rings. The van der Waals surface area contributed by atoms with Gasteiger partial charge in [0.05, 0.1) is 7.05 Å². The second-order valence-electron chi connectivity index (χ2n) is 4.28. The van der Waals surface area contributed by atoms with E-state index < -0.39 is 0 Å². The maximum absolute atomic E-state index is 2.24. The van der Waals surface area contributed by atoms with Crippen LogP contribution in [0, 0.1) is 0 Å². The first kappa shape index (κ1) is 13.8. The van der Waals surface area contributed by atoms with E-state index in [1.807, 2.05) is 0 Å². The van der Waals surface area contributed by atoms with Crippen molar-refractivity contribution in [1.29, 1.82) is 0 Å². The van der Waals surface area contributed by atoms with Crippen molar-refractivity contribution in [3.05, 3.63) is 71.8 Å². The summed E-state index contributed by atoms with van der Waals surface area (Å²) in [6, 6.07) is 21.3. The maximum Gasteiger partial charge on any atom is 0.103 e. The van der Waals surface area contributed by atoms with Crippen molar-refractivity contribution in [2.24, 2.45) is 0 Å². The van der Waals surface area contributed by atoms with E-state index in [1.165, 1.54) is 16.0 Å². The van der Waals surface area contributed by atoms with Crippen LogP contribution in [0.4, 0.5) is 0 Å². The van der Waals surface area contributed by atoms with Gasteiger partial charge in [-0.3, -0.25) is 0 Å². The normalized spacial score (nSPS) is 10.0. The molecule has 0 amide bonds. The van der Waals surface area contributed by atoms with Gasteiger partial charge in [-0.2, -0.15) is 0 Å². The first-order valence-corrected chi connectivity index (χ1v) is 5.74. The predicted octanol–water partition coefficient (Wildman–Crippen LogP) is -1.09. The summed E-state index contributed by atoms with van der Waals surface area (Å²) >= 11 is 0. The predicted molar refractivity (Wildman–Crippen MR) is 67.2 cm³/mol. The maximum atomic E-state index is 2.24. The molecule has 0 atom stereocenters. The van der Waals surface area contributed by atoms with Crippen molar-refractivity contribution in [2.75, 3.05) is 7.05 Å². The van der Waals surface area contributed by atoms with Crippen molar-refractivity contribution >= 4 is 0 Å². The van der Waals surface area contributed by atoms with E-state index in [2.05, 4.69) is 67.7 Å². The van der Waals surface area contributed by atoms with Gasteiger partial charge in [0.1, 0.15) is 13.1 Å². The molecule has 2 rings (SSSR count). The first-order chi connectivity index (χ1) is 7.84. The fourth-order valence-electron chi connectivity index (χ4n) is 1.95. The summed E-state index contributed by atoms with van der Waals surface area (Å²) in [5, 5.41) is 0.